The molecule has 0 unspecified atom stereocenters. The minimum absolute atomic E-state index is 0.222. The summed E-state index contributed by atoms with van der Waals surface area (Å²) in [6.45, 7) is 1.96. The molecule has 1 heterocycles. The van der Waals surface area contributed by atoms with Gasteiger partial charge in [0.2, 0.25) is 0 Å². The molecule has 24 heavy (non-hydrogen) atoms. The smallest absolute Gasteiger partial charge is 0.256 e. The number of nitriles is 1. The van der Waals surface area contributed by atoms with E-state index in [-0.39, 0.29) is 5.91 Å². The van der Waals surface area contributed by atoms with Crippen LogP contribution in [0.3, 0.4) is 0 Å². The van der Waals surface area contributed by atoms with E-state index in [0.29, 0.717) is 16.1 Å². The van der Waals surface area contributed by atoms with E-state index >= 15 is 0 Å². The molecule has 3 rings (SSSR count). The quantitative estimate of drug-likeness (QED) is 0.625. The Hall–Kier alpha value is -2.42. The van der Waals surface area contributed by atoms with Gasteiger partial charge in [-0.2, -0.15) is 5.26 Å². The summed E-state index contributed by atoms with van der Waals surface area (Å²) in [5.74, 6) is -0.222. The van der Waals surface area contributed by atoms with Crippen LogP contribution in [0.5, 0.6) is 0 Å². The second kappa shape index (κ2) is 7.00. The van der Waals surface area contributed by atoms with Crippen molar-refractivity contribution in [3.63, 3.8) is 0 Å². The number of carbonyl (C=O) groups is 1. The fourth-order valence-electron chi connectivity index (χ4n) is 2.47. The SMILES string of the molecule is Cc1sc(NC(=O)c2ccc(Br)cc2)c(C#N)c1-c1ccccc1. The van der Waals surface area contributed by atoms with Gasteiger partial charge in [-0.3, -0.25) is 4.79 Å². The Morgan fingerprint density at radius 1 is 1.12 bits per heavy atom. The minimum atomic E-state index is -0.222. The Morgan fingerprint density at radius 3 is 2.42 bits per heavy atom. The van der Waals surface area contributed by atoms with Crippen molar-refractivity contribution in [1.29, 1.82) is 5.26 Å². The van der Waals surface area contributed by atoms with Crippen LogP contribution in [-0.2, 0) is 0 Å². The number of nitrogens with zero attached hydrogens (tertiary/aromatic N) is 1. The zero-order chi connectivity index (χ0) is 17.1. The van der Waals surface area contributed by atoms with Crippen molar-refractivity contribution < 1.29 is 4.79 Å². The average molecular weight is 397 g/mol. The van der Waals surface area contributed by atoms with Crippen molar-refractivity contribution in [2.75, 3.05) is 5.32 Å². The van der Waals surface area contributed by atoms with Gasteiger partial charge < -0.3 is 5.32 Å². The maximum atomic E-state index is 12.4. The van der Waals surface area contributed by atoms with Crippen LogP contribution in [0.4, 0.5) is 5.00 Å². The number of anilines is 1. The topological polar surface area (TPSA) is 52.9 Å². The van der Waals surface area contributed by atoms with Gasteiger partial charge in [0.1, 0.15) is 11.1 Å². The van der Waals surface area contributed by atoms with Gasteiger partial charge in [0, 0.05) is 20.5 Å². The first-order valence-electron chi connectivity index (χ1n) is 7.26. The Balaban J connectivity index is 1.96. The molecule has 1 N–H and O–H groups in total. The standard InChI is InChI=1S/C19H13BrN2OS/c1-12-17(13-5-3-2-4-6-13)16(11-21)19(24-12)22-18(23)14-7-9-15(20)10-8-14/h2-10H,1H3,(H,22,23). The minimum Gasteiger partial charge on any atom is -0.312 e. The molecule has 0 bridgehead atoms. The molecule has 0 saturated carbocycles. The van der Waals surface area contributed by atoms with E-state index in [0.717, 1.165) is 20.5 Å². The molecule has 1 amide bonds. The number of hydrogen-bond donors (Lipinski definition) is 1. The van der Waals surface area contributed by atoms with Crippen molar-refractivity contribution in [2.45, 2.75) is 6.92 Å². The Labute approximate surface area is 152 Å². The molecule has 0 fully saturated rings. The molecule has 3 aromatic rings. The number of carbonyl (C=O) groups excluding carboxylic acids is 1. The number of thiophene rings is 1. The third-order valence-corrected chi connectivity index (χ3v) is 5.14. The number of amides is 1. The molecule has 1 aromatic heterocycles. The first-order valence-corrected chi connectivity index (χ1v) is 8.87. The van der Waals surface area contributed by atoms with Crippen LogP contribution < -0.4 is 5.32 Å². The maximum absolute atomic E-state index is 12.4. The lowest BCUT2D eigenvalue weighted by Gasteiger charge is -2.04. The van der Waals surface area contributed by atoms with Crippen molar-refractivity contribution in [1.82, 2.24) is 0 Å². The molecular formula is C19H13BrN2OS. The van der Waals surface area contributed by atoms with Crippen molar-refractivity contribution in [3.05, 3.63) is 75.1 Å². The highest BCUT2D eigenvalue weighted by Crippen LogP contribution is 2.39. The summed E-state index contributed by atoms with van der Waals surface area (Å²) in [7, 11) is 0. The van der Waals surface area contributed by atoms with Crippen LogP contribution in [0, 0.1) is 18.3 Å². The fourth-order valence-corrected chi connectivity index (χ4v) is 3.75. The lowest BCUT2D eigenvalue weighted by Crippen LogP contribution is -2.11. The van der Waals surface area contributed by atoms with Crippen LogP contribution in [0.2, 0.25) is 0 Å². The molecule has 0 aliphatic heterocycles. The molecule has 118 valence electrons. The second-order valence-electron chi connectivity index (χ2n) is 5.18. The summed E-state index contributed by atoms with van der Waals surface area (Å²) in [5, 5.41) is 13.0. The van der Waals surface area contributed by atoms with Gasteiger partial charge in [-0.15, -0.1) is 11.3 Å². The molecule has 0 radical (unpaired) electrons. The molecule has 2 aromatic carbocycles. The highest BCUT2D eigenvalue weighted by atomic mass is 79.9. The number of rotatable bonds is 3. The van der Waals surface area contributed by atoms with Gasteiger partial charge in [-0.25, -0.2) is 0 Å². The summed E-state index contributed by atoms with van der Waals surface area (Å²) in [6.07, 6.45) is 0. The maximum Gasteiger partial charge on any atom is 0.256 e. The Bertz CT molecular complexity index is 924. The lowest BCUT2D eigenvalue weighted by molar-refractivity contribution is 0.102. The van der Waals surface area contributed by atoms with Gasteiger partial charge in [0.05, 0.1) is 5.56 Å². The Kier molecular flexibility index (Phi) is 4.79. The third kappa shape index (κ3) is 3.25. The first-order chi connectivity index (χ1) is 11.6. The second-order valence-corrected chi connectivity index (χ2v) is 7.32. The summed E-state index contributed by atoms with van der Waals surface area (Å²) >= 11 is 4.77. The van der Waals surface area contributed by atoms with Crippen LogP contribution >= 0.6 is 27.3 Å². The normalized spacial score (nSPS) is 10.2. The summed E-state index contributed by atoms with van der Waals surface area (Å²) < 4.78 is 0.912. The first kappa shape index (κ1) is 16.4. The molecule has 0 aliphatic carbocycles. The van der Waals surface area contributed by atoms with Crippen molar-refractivity contribution in [2.24, 2.45) is 0 Å². The van der Waals surface area contributed by atoms with Gasteiger partial charge in [0.25, 0.3) is 5.91 Å². The number of benzene rings is 2. The molecule has 0 aliphatic rings. The third-order valence-electron chi connectivity index (χ3n) is 3.59. The average Bonchev–Trinajstić information content (AvgIpc) is 2.91. The predicted molar refractivity (Wildman–Crippen MR) is 101 cm³/mol. The predicted octanol–water partition coefficient (Wildman–Crippen LogP) is 5.61. The van der Waals surface area contributed by atoms with Crippen LogP contribution in [0.1, 0.15) is 20.8 Å². The largest absolute Gasteiger partial charge is 0.312 e. The number of halogens is 1. The summed E-state index contributed by atoms with van der Waals surface area (Å²) in [6, 6.07) is 19.1. The lowest BCUT2D eigenvalue weighted by atomic mass is 10.0. The number of aryl methyl sites for hydroxylation is 1. The highest BCUT2D eigenvalue weighted by molar-refractivity contribution is 9.10. The molecule has 0 atom stereocenters. The van der Waals surface area contributed by atoms with Crippen molar-refractivity contribution in [3.8, 4) is 17.2 Å². The molecule has 0 saturated heterocycles. The zero-order valence-electron chi connectivity index (χ0n) is 12.8. The van der Waals surface area contributed by atoms with Gasteiger partial charge in [-0.1, -0.05) is 46.3 Å². The van der Waals surface area contributed by atoms with E-state index in [1.807, 2.05) is 49.4 Å². The molecule has 3 nitrogen and oxygen atoms in total. The zero-order valence-corrected chi connectivity index (χ0v) is 15.2. The van der Waals surface area contributed by atoms with E-state index in [4.69, 9.17) is 0 Å². The van der Waals surface area contributed by atoms with E-state index in [9.17, 15) is 10.1 Å². The van der Waals surface area contributed by atoms with E-state index in [1.54, 1.807) is 12.1 Å². The van der Waals surface area contributed by atoms with Crippen molar-refractivity contribution >= 4 is 38.2 Å². The van der Waals surface area contributed by atoms with Gasteiger partial charge >= 0.3 is 0 Å². The molecule has 0 spiro atoms. The monoisotopic (exact) mass is 396 g/mol. The highest BCUT2D eigenvalue weighted by Gasteiger charge is 2.19. The van der Waals surface area contributed by atoms with Gasteiger partial charge in [-0.05, 0) is 36.8 Å². The van der Waals surface area contributed by atoms with E-state index in [1.165, 1.54) is 11.3 Å². The van der Waals surface area contributed by atoms with Crippen LogP contribution in [0.25, 0.3) is 11.1 Å². The van der Waals surface area contributed by atoms with Crippen LogP contribution in [-0.4, -0.2) is 5.91 Å². The van der Waals surface area contributed by atoms with E-state index < -0.39 is 0 Å². The Morgan fingerprint density at radius 2 is 1.79 bits per heavy atom. The molecular weight excluding hydrogens is 384 g/mol. The molecule has 5 heteroatoms. The summed E-state index contributed by atoms with van der Waals surface area (Å²) in [4.78, 5) is 13.4. The fraction of sp³-hybridized carbons (Fsp3) is 0.0526. The van der Waals surface area contributed by atoms with Crippen LogP contribution in [0.15, 0.2) is 59.1 Å². The number of nitrogens with one attached hydrogen (secondary N) is 1. The number of hydrogen-bond acceptors (Lipinski definition) is 3. The summed E-state index contributed by atoms with van der Waals surface area (Å²) in [5.41, 5.74) is 2.92. The van der Waals surface area contributed by atoms with E-state index in [2.05, 4.69) is 27.3 Å². The van der Waals surface area contributed by atoms with Gasteiger partial charge in [0.15, 0.2) is 0 Å².